The molecule has 4 aromatic rings. The first kappa shape index (κ1) is 25.6. The van der Waals surface area contributed by atoms with Crippen molar-refractivity contribution in [1.29, 1.82) is 0 Å². The zero-order chi connectivity index (χ0) is 26.6. The minimum atomic E-state index is -0.208. The number of methoxy groups -OCH3 is 3. The fourth-order valence-electron chi connectivity index (χ4n) is 5.00. The average Bonchev–Trinajstić information content (AvgIpc) is 3.40. The Kier molecular flexibility index (Phi) is 7.51. The van der Waals surface area contributed by atoms with Crippen LogP contribution in [0.1, 0.15) is 35.3 Å². The summed E-state index contributed by atoms with van der Waals surface area (Å²) in [5, 5.41) is 0. The smallest absolute Gasteiger partial charge is 0.274 e. The van der Waals surface area contributed by atoms with Crippen LogP contribution in [0.3, 0.4) is 0 Å². The normalized spacial score (nSPS) is 13.9. The van der Waals surface area contributed by atoms with Crippen LogP contribution >= 0.6 is 0 Å². The predicted molar refractivity (Wildman–Crippen MR) is 149 cm³/mol. The van der Waals surface area contributed by atoms with Gasteiger partial charge in [-0.1, -0.05) is 30.7 Å². The summed E-state index contributed by atoms with van der Waals surface area (Å²) < 4.78 is 16.3. The Morgan fingerprint density at radius 2 is 1.61 bits per heavy atom. The topological polar surface area (TPSA) is 79.9 Å². The first-order valence-corrected chi connectivity index (χ1v) is 12.9. The number of anilines is 1. The maximum Gasteiger partial charge on any atom is 0.274 e. The number of carbonyl (C=O) groups is 1. The van der Waals surface area contributed by atoms with Gasteiger partial charge < -0.3 is 24.1 Å². The number of fused-ring (bicyclic) bond motifs is 1. The average molecular weight is 515 g/mol. The Morgan fingerprint density at radius 3 is 2.24 bits per heavy atom. The number of aromatic nitrogens is 2. The second-order valence-electron chi connectivity index (χ2n) is 9.59. The van der Waals surface area contributed by atoms with Crippen molar-refractivity contribution in [2.45, 2.75) is 25.8 Å². The number of likely N-dealkylation sites (tertiary alicyclic amines) is 1. The number of aromatic amines is 1. The van der Waals surface area contributed by atoms with E-state index >= 15 is 0 Å². The summed E-state index contributed by atoms with van der Waals surface area (Å²) in [4.78, 5) is 25.5. The molecule has 1 aliphatic rings. The fourth-order valence-corrected chi connectivity index (χ4v) is 5.00. The molecule has 1 aliphatic heterocycles. The lowest BCUT2D eigenvalue weighted by atomic mass is 10.1. The highest BCUT2D eigenvalue weighted by Gasteiger charge is 2.21. The molecule has 2 aromatic carbocycles. The number of ether oxygens (including phenoxy) is 3. The lowest BCUT2D eigenvalue weighted by molar-refractivity contribution is 0.0989. The minimum Gasteiger partial charge on any atom is -0.493 e. The van der Waals surface area contributed by atoms with Crippen LogP contribution in [0, 0.1) is 0 Å². The van der Waals surface area contributed by atoms with Crippen molar-refractivity contribution in [3.05, 3.63) is 65.9 Å². The number of amides is 1. The van der Waals surface area contributed by atoms with Crippen LogP contribution in [0.4, 0.5) is 5.69 Å². The van der Waals surface area contributed by atoms with Crippen molar-refractivity contribution < 1.29 is 19.0 Å². The lowest BCUT2D eigenvalue weighted by Gasteiger charge is -2.26. The molecule has 198 valence electrons. The molecule has 1 saturated heterocycles. The molecule has 8 heteroatoms. The van der Waals surface area contributed by atoms with Crippen LogP contribution in [0.5, 0.6) is 17.2 Å². The standard InChI is InChI=1S/C30H34N4O4/c1-33(22-16-27(36-2)29(38-4)28(17-22)37-3)30(35)26-18-25-24(32-26)13-12-23(31-25)21-10-8-20(9-11-21)19-34-14-6-5-7-15-34/h8-13,16-18,32H,5-7,14-15,19H2,1-4H3. The fraction of sp³-hybridized carbons (Fsp3) is 0.333. The summed E-state index contributed by atoms with van der Waals surface area (Å²) in [6.45, 7) is 3.36. The van der Waals surface area contributed by atoms with Crippen LogP contribution in [0.25, 0.3) is 22.3 Å². The maximum absolute atomic E-state index is 13.4. The molecule has 0 saturated carbocycles. The lowest BCUT2D eigenvalue weighted by Crippen LogP contribution is -2.28. The third kappa shape index (κ3) is 5.17. The number of hydrogen-bond acceptors (Lipinski definition) is 6. The Morgan fingerprint density at radius 1 is 0.921 bits per heavy atom. The van der Waals surface area contributed by atoms with Crippen molar-refractivity contribution >= 4 is 22.6 Å². The number of nitrogens with zero attached hydrogens (tertiary/aromatic N) is 3. The summed E-state index contributed by atoms with van der Waals surface area (Å²) in [6, 6.07) is 17.9. The highest BCUT2D eigenvalue weighted by molar-refractivity contribution is 6.07. The Hall–Kier alpha value is -4.04. The van der Waals surface area contributed by atoms with Crippen LogP contribution in [-0.4, -0.2) is 62.2 Å². The van der Waals surface area contributed by atoms with Crippen molar-refractivity contribution in [3.8, 4) is 28.5 Å². The van der Waals surface area contributed by atoms with E-state index < -0.39 is 0 Å². The molecule has 2 aromatic heterocycles. The van der Waals surface area contributed by atoms with Gasteiger partial charge in [-0.3, -0.25) is 9.69 Å². The molecule has 0 atom stereocenters. The van der Waals surface area contributed by atoms with Gasteiger partial charge in [0.1, 0.15) is 5.69 Å². The van der Waals surface area contributed by atoms with E-state index in [2.05, 4.69) is 34.1 Å². The molecule has 1 fully saturated rings. The molecule has 0 bridgehead atoms. The third-order valence-electron chi connectivity index (χ3n) is 7.15. The van der Waals surface area contributed by atoms with E-state index in [1.54, 1.807) is 46.6 Å². The number of carbonyl (C=O) groups excluding carboxylic acids is 1. The monoisotopic (exact) mass is 514 g/mol. The molecular formula is C30H34N4O4. The number of pyridine rings is 1. The predicted octanol–water partition coefficient (Wildman–Crippen LogP) is 5.52. The Bertz CT molecular complexity index is 1400. The molecule has 0 spiro atoms. The largest absolute Gasteiger partial charge is 0.493 e. The summed E-state index contributed by atoms with van der Waals surface area (Å²) in [5.41, 5.74) is 5.84. The van der Waals surface area contributed by atoms with Gasteiger partial charge in [0.2, 0.25) is 5.75 Å². The molecule has 1 N–H and O–H groups in total. The molecule has 3 heterocycles. The van der Waals surface area contributed by atoms with Gasteiger partial charge in [0.05, 0.1) is 43.7 Å². The molecule has 38 heavy (non-hydrogen) atoms. The number of benzene rings is 2. The molecule has 8 nitrogen and oxygen atoms in total. The van der Waals surface area contributed by atoms with Gasteiger partial charge in [-0.15, -0.1) is 0 Å². The molecule has 0 unspecified atom stereocenters. The van der Waals surface area contributed by atoms with Gasteiger partial charge in [-0.2, -0.15) is 0 Å². The van der Waals surface area contributed by atoms with Crippen molar-refractivity contribution in [2.75, 3.05) is 46.4 Å². The molecule has 0 aliphatic carbocycles. The van der Waals surface area contributed by atoms with E-state index in [0.717, 1.165) is 28.8 Å². The van der Waals surface area contributed by atoms with Gasteiger partial charge >= 0.3 is 0 Å². The third-order valence-corrected chi connectivity index (χ3v) is 7.15. The quantitative estimate of drug-likeness (QED) is 0.334. The molecule has 5 rings (SSSR count). The van der Waals surface area contributed by atoms with Gasteiger partial charge in [0, 0.05) is 31.3 Å². The number of piperidine rings is 1. The Labute approximate surface area is 223 Å². The van der Waals surface area contributed by atoms with E-state index in [1.807, 2.05) is 12.1 Å². The molecular weight excluding hydrogens is 480 g/mol. The first-order valence-electron chi connectivity index (χ1n) is 12.9. The van der Waals surface area contributed by atoms with E-state index in [-0.39, 0.29) is 5.91 Å². The SMILES string of the molecule is COc1cc(N(C)C(=O)c2cc3nc(-c4ccc(CN5CCCCC5)cc4)ccc3[nH]2)cc(OC)c1OC. The van der Waals surface area contributed by atoms with E-state index in [9.17, 15) is 4.79 Å². The zero-order valence-corrected chi connectivity index (χ0v) is 22.4. The first-order chi connectivity index (χ1) is 18.5. The van der Waals surface area contributed by atoms with Gasteiger partial charge in [0.15, 0.2) is 11.5 Å². The van der Waals surface area contributed by atoms with Crippen molar-refractivity contribution in [1.82, 2.24) is 14.9 Å². The summed E-state index contributed by atoms with van der Waals surface area (Å²) >= 11 is 0. The second kappa shape index (κ2) is 11.1. The highest BCUT2D eigenvalue weighted by atomic mass is 16.5. The van der Waals surface area contributed by atoms with Crippen LogP contribution in [-0.2, 0) is 6.54 Å². The van der Waals surface area contributed by atoms with Crippen molar-refractivity contribution in [2.24, 2.45) is 0 Å². The van der Waals surface area contributed by atoms with Crippen LogP contribution in [0.15, 0.2) is 54.6 Å². The van der Waals surface area contributed by atoms with Gasteiger partial charge in [0.25, 0.3) is 5.91 Å². The summed E-state index contributed by atoms with van der Waals surface area (Å²) in [6.07, 6.45) is 3.93. The molecule has 0 radical (unpaired) electrons. The second-order valence-corrected chi connectivity index (χ2v) is 9.59. The number of hydrogen-bond donors (Lipinski definition) is 1. The Balaban J connectivity index is 1.35. The number of rotatable bonds is 8. The number of H-pyrrole nitrogens is 1. The molecule has 1 amide bonds. The van der Waals surface area contributed by atoms with Crippen LogP contribution in [0.2, 0.25) is 0 Å². The summed E-state index contributed by atoms with van der Waals surface area (Å²) in [7, 11) is 6.35. The van der Waals surface area contributed by atoms with E-state index in [4.69, 9.17) is 19.2 Å². The van der Waals surface area contributed by atoms with E-state index in [1.165, 1.54) is 42.8 Å². The zero-order valence-electron chi connectivity index (χ0n) is 22.4. The summed E-state index contributed by atoms with van der Waals surface area (Å²) in [5.74, 6) is 1.22. The van der Waals surface area contributed by atoms with Crippen molar-refractivity contribution in [3.63, 3.8) is 0 Å². The van der Waals surface area contributed by atoms with Gasteiger partial charge in [-0.05, 0) is 49.7 Å². The van der Waals surface area contributed by atoms with E-state index in [0.29, 0.717) is 28.6 Å². The van der Waals surface area contributed by atoms with Gasteiger partial charge in [-0.25, -0.2) is 4.98 Å². The van der Waals surface area contributed by atoms with Crippen LogP contribution < -0.4 is 19.1 Å². The maximum atomic E-state index is 13.4. The minimum absolute atomic E-state index is 0.208. The highest BCUT2D eigenvalue weighted by Crippen LogP contribution is 2.41. The number of nitrogens with one attached hydrogen (secondary N) is 1.